The zero-order valence-corrected chi connectivity index (χ0v) is 29.3. The van der Waals surface area contributed by atoms with Crippen LogP contribution in [-0.4, -0.2) is 88.6 Å². The van der Waals surface area contributed by atoms with Crippen LogP contribution >= 0.6 is 27.5 Å². The summed E-state index contributed by atoms with van der Waals surface area (Å²) in [6.45, 7) is 3.41. The van der Waals surface area contributed by atoms with Crippen molar-refractivity contribution >= 4 is 56.9 Å². The quantitative estimate of drug-likeness (QED) is 0.346. The fraction of sp³-hybridized carbons (Fsp3) is 0.444. The van der Waals surface area contributed by atoms with Crippen LogP contribution in [0.1, 0.15) is 44.8 Å². The van der Waals surface area contributed by atoms with Gasteiger partial charge in [0, 0.05) is 35.2 Å². The van der Waals surface area contributed by atoms with Crippen LogP contribution in [0.25, 0.3) is 0 Å². The predicted molar refractivity (Wildman–Crippen MR) is 183 cm³/mol. The van der Waals surface area contributed by atoms with E-state index < -0.39 is 65.6 Å². The fourth-order valence-electron chi connectivity index (χ4n) is 7.51. The number of hydrogen-bond acceptors (Lipinski definition) is 7. The Kier molecular flexibility index (Phi) is 9.86. The molecule has 1 N–H and O–H groups in total. The number of ether oxygens (including phenoxy) is 2. The van der Waals surface area contributed by atoms with E-state index in [4.69, 9.17) is 21.1 Å². The van der Waals surface area contributed by atoms with E-state index in [-0.39, 0.29) is 25.5 Å². The molecule has 2 fully saturated rings. The number of hydrogen-bond donors (Lipinski definition) is 1. The Morgan fingerprint density at radius 3 is 2.40 bits per heavy atom. The molecule has 10 nitrogen and oxygen atoms in total. The third-order valence-corrected chi connectivity index (χ3v) is 11.1. The standard InChI is InChI=1S/C36H39BrClN3O7/c1-4-24(20-42)41-32-34(45)40(25-16-14-23(38)15-17-25)18-10-6-9-13-27(43)39(3)21(2)30(22-11-7-5-8-12-22)47-35(46)28-29(33(41)44)36(32)19-26(37)31(28)48-36/h5-8,10-12,14-17,19,21,24,28-32,42H,4,9,13,18,20H2,1-3H3/b10-6-/t21-,24-,28+,29-,30+,31+,32+,36-/m0/s1. The summed E-state index contributed by atoms with van der Waals surface area (Å²) in [6, 6.07) is 13.5. The first-order valence-corrected chi connectivity index (χ1v) is 17.4. The van der Waals surface area contributed by atoms with Crippen molar-refractivity contribution in [1.82, 2.24) is 9.80 Å². The summed E-state index contributed by atoms with van der Waals surface area (Å²) < 4.78 is 13.5. The average molecular weight is 741 g/mol. The third-order valence-electron chi connectivity index (χ3n) is 10.1. The molecule has 6 rings (SSSR count). The number of allylic oxidation sites excluding steroid dienone is 1. The molecule has 0 saturated carbocycles. The summed E-state index contributed by atoms with van der Waals surface area (Å²) in [6.07, 6.45) is 4.70. The lowest BCUT2D eigenvalue weighted by atomic mass is 9.74. The highest BCUT2D eigenvalue weighted by molar-refractivity contribution is 9.11. The van der Waals surface area contributed by atoms with Crippen molar-refractivity contribution in [2.45, 2.75) is 69.0 Å². The Labute approximate surface area is 293 Å². The maximum absolute atomic E-state index is 14.9. The van der Waals surface area contributed by atoms with Gasteiger partial charge in [-0.3, -0.25) is 19.2 Å². The van der Waals surface area contributed by atoms with Gasteiger partial charge in [0.05, 0.1) is 24.6 Å². The van der Waals surface area contributed by atoms with Gasteiger partial charge in [0.2, 0.25) is 11.8 Å². The van der Waals surface area contributed by atoms with Crippen molar-refractivity contribution in [3.8, 4) is 0 Å². The summed E-state index contributed by atoms with van der Waals surface area (Å²) in [5.74, 6) is -3.88. The van der Waals surface area contributed by atoms with Crippen LogP contribution in [0.15, 0.2) is 77.3 Å². The minimum absolute atomic E-state index is 0.131. The van der Waals surface area contributed by atoms with E-state index in [1.54, 1.807) is 47.2 Å². The number of likely N-dealkylation sites (N-methyl/N-ethyl adjacent to an activating group) is 1. The van der Waals surface area contributed by atoms with Gasteiger partial charge in [0.1, 0.15) is 29.8 Å². The zero-order valence-electron chi connectivity index (χ0n) is 27.0. The van der Waals surface area contributed by atoms with Crippen LogP contribution in [0.3, 0.4) is 0 Å². The number of fused-ring (bicyclic) bond motifs is 2. The largest absolute Gasteiger partial charge is 0.455 e. The molecule has 0 radical (unpaired) electrons. The highest BCUT2D eigenvalue weighted by atomic mass is 79.9. The number of amides is 3. The second-order valence-corrected chi connectivity index (χ2v) is 14.1. The molecule has 0 aromatic heterocycles. The molecule has 4 aliphatic heterocycles. The topological polar surface area (TPSA) is 117 Å². The van der Waals surface area contributed by atoms with Crippen molar-refractivity contribution < 1.29 is 33.8 Å². The molecule has 5 bridgehead atoms. The average Bonchev–Trinajstić information content (AvgIpc) is 3.68. The monoisotopic (exact) mass is 739 g/mol. The molecule has 2 aromatic carbocycles. The van der Waals surface area contributed by atoms with E-state index in [9.17, 15) is 24.3 Å². The number of carbonyl (C=O) groups excluding carboxylic acids is 4. The Bertz CT molecular complexity index is 1630. The van der Waals surface area contributed by atoms with Crippen LogP contribution in [0.5, 0.6) is 0 Å². The van der Waals surface area contributed by atoms with E-state index in [2.05, 4.69) is 15.9 Å². The Hall–Kier alpha value is -3.51. The normalized spacial score (nSPS) is 32.3. The van der Waals surface area contributed by atoms with Gasteiger partial charge in [0.15, 0.2) is 0 Å². The molecule has 0 aliphatic carbocycles. The first-order chi connectivity index (χ1) is 23.0. The number of anilines is 1. The molecule has 48 heavy (non-hydrogen) atoms. The number of halogens is 2. The number of aliphatic hydroxyl groups is 1. The van der Waals surface area contributed by atoms with Crippen molar-refractivity contribution in [2.24, 2.45) is 11.8 Å². The molecular weight excluding hydrogens is 702 g/mol. The number of likely N-dealkylation sites (tertiary alicyclic amines) is 1. The molecule has 2 saturated heterocycles. The van der Waals surface area contributed by atoms with E-state index in [0.717, 1.165) is 0 Å². The highest BCUT2D eigenvalue weighted by Crippen LogP contribution is 2.59. The lowest BCUT2D eigenvalue weighted by molar-refractivity contribution is -0.164. The van der Waals surface area contributed by atoms with Crippen molar-refractivity contribution in [3.05, 3.63) is 87.9 Å². The maximum atomic E-state index is 14.9. The van der Waals surface area contributed by atoms with E-state index in [1.807, 2.05) is 56.3 Å². The zero-order chi connectivity index (χ0) is 34.3. The molecule has 4 heterocycles. The van der Waals surface area contributed by atoms with Gasteiger partial charge >= 0.3 is 5.97 Å². The highest BCUT2D eigenvalue weighted by Gasteiger charge is 2.75. The lowest BCUT2D eigenvalue weighted by Gasteiger charge is -2.38. The lowest BCUT2D eigenvalue weighted by Crippen LogP contribution is -2.58. The van der Waals surface area contributed by atoms with Crippen molar-refractivity contribution in [3.63, 3.8) is 0 Å². The van der Waals surface area contributed by atoms with Crippen molar-refractivity contribution in [1.29, 1.82) is 0 Å². The molecule has 8 atom stereocenters. The number of cyclic esters (lactones) is 1. The van der Waals surface area contributed by atoms with Gasteiger partial charge in [0.25, 0.3) is 5.91 Å². The molecule has 0 unspecified atom stereocenters. The molecule has 1 spiro atoms. The minimum atomic E-state index is -1.51. The molecule has 254 valence electrons. The van der Waals surface area contributed by atoms with Crippen LogP contribution < -0.4 is 4.90 Å². The second-order valence-electron chi connectivity index (χ2n) is 12.8. The number of rotatable bonds is 5. The molecule has 3 amide bonds. The number of benzene rings is 2. The summed E-state index contributed by atoms with van der Waals surface area (Å²) in [4.78, 5) is 61.9. The van der Waals surface area contributed by atoms with Crippen LogP contribution in [0, 0.1) is 11.8 Å². The van der Waals surface area contributed by atoms with Gasteiger partial charge in [-0.2, -0.15) is 0 Å². The summed E-state index contributed by atoms with van der Waals surface area (Å²) >= 11 is 9.79. The number of carbonyl (C=O) groups is 4. The molecule has 2 aromatic rings. The first kappa shape index (κ1) is 34.4. The Balaban J connectivity index is 1.50. The fourth-order valence-corrected chi connectivity index (χ4v) is 8.37. The summed E-state index contributed by atoms with van der Waals surface area (Å²) in [5, 5.41) is 11.0. The molecule has 12 heteroatoms. The van der Waals surface area contributed by atoms with Gasteiger partial charge in [-0.1, -0.05) is 76.9 Å². The summed E-state index contributed by atoms with van der Waals surface area (Å²) in [5.41, 5.74) is -0.271. The van der Waals surface area contributed by atoms with Gasteiger partial charge in [-0.15, -0.1) is 0 Å². The number of aliphatic hydroxyl groups excluding tert-OH is 1. The van der Waals surface area contributed by atoms with Crippen LogP contribution in [0.4, 0.5) is 5.69 Å². The first-order valence-electron chi connectivity index (χ1n) is 16.3. The number of esters is 1. The minimum Gasteiger partial charge on any atom is -0.455 e. The SMILES string of the molecule is CC[C@@H](CO)N1C(=O)[C@@H]2[C@H]3C(=O)O[C@@H](c4ccccc4)[C@H](C)N(C)C(=O)CC/C=C\CN(c4ccc(Cl)cc4)C(=O)[C@@H]1[C@]21C=C(Br)[C@H]3O1. The van der Waals surface area contributed by atoms with E-state index in [1.165, 1.54) is 4.90 Å². The van der Waals surface area contributed by atoms with Gasteiger partial charge in [-0.05, 0) is 55.7 Å². The summed E-state index contributed by atoms with van der Waals surface area (Å²) in [7, 11) is 1.69. The predicted octanol–water partition coefficient (Wildman–Crippen LogP) is 4.80. The second kappa shape index (κ2) is 13.8. The van der Waals surface area contributed by atoms with E-state index >= 15 is 0 Å². The molecule has 4 aliphatic rings. The smallest absolute Gasteiger partial charge is 0.313 e. The molecular formula is C36H39BrClN3O7. The van der Waals surface area contributed by atoms with E-state index in [0.29, 0.717) is 33.6 Å². The maximum Gasteiger partial charge on any atom is 0.313 e. The third kappa shape index (κ3) is 5.78. The van der Waals surface area contributed by atoms with Gasteiger partial charge < -0.3 is 29.3 Å². The van der Waals surface area contributed by atoms with Gasteiger partial charge in [-0.25, -0.2) is 0 Å². The number of nitrogens with zero attached hydrogens (tertiary/aromatic N) is 3. The Morgan fingerprint density at radius 2 is 1.73 bits per heavy atom. The Morgan fingerprint density at radius 1 is 1.02 bits per heavy atom. The van der Waals surface area contributed by atoms with Crippen LogP contribution in [0.2, 0.25) is 5.02 Å². The van der Waals surface area contributed by atoms with Crippen LogP contribution in [-0.2, 0) is 28.7 Å². The van der Waals surface area contributed by atoms with Crippen molar-refractivity contribution in [2.75, 3.05) is 25.1 Å².